The smallest absolute Gasteiger partial charge is 0.312 e. The molecule has 24 heavy (non-hydrogen) atoms. The molecule has 2 aliphatic rings. The molecule has 6 heteroatoms. The fraction of sp³-hybridized carbons (Fsp3) is 0.667. The molecule has 1 aliphatic carbocycles. The predicted octanol–water partition coefficient (Wildman–Crippen LogP) is 3.42. The maximum absolute atomic E-state index is 12.7. The van der Waals surface area contributed by atoms with Gasteiger partial charge in [0.05, 0.1) is 12.5 Å². The van der Waals surface area contributed by atoms with Crippen molar-refractivity contribution in [2.75, 3.05) is 13.1 Å². The maximum Gasteiger partial charge on any atom is 0.312 e. The first-order valence-corrected chi connectivity index (χ1v) is 9.83. The summed E-state index contributed by atoms with van der Waals surface area (Å²) >= 11 is 1.54. The van der Waals surface area contributed by atoms with Gasteiger partial charge in [0.25, 0.3) is 0 Å². The van der Waals surface area contributed by atoms with Gasteiger partial charge in [0.2, 0.25) is 5.91 Å². The number of carbonyl (C=O) groups excluding carboxylic acids is 2. The quantitative estimate of drug-likeness (QED) is 0.874. The molecule has 5 nitrogen and oxygen atoms in total. The second kappa shape index (κ2) is 7.55. The highest BCUT2D eigenvalue weighted by molar-refractivity contribution is 7.10. The molecule has 3 amide bonds. The summed E-state index contributed by atoms with van der Waals surface area (Å²) in [5, 5.41) is 4.66. The van der Waals surface area contributed by atoms with E-state index in [1.54, 1.807) is 0 Å². The maximum atomic E-state index is 12.7. The average molecular weight is 349 g/mol. The molecule has 2 heterocycles. The molecular formula is C18H27N3O2S. The van der Waals surface area contributed by atoms with Crippen molar-refractivity contribution in [1.82, 2.24) is 10.2 Å². The summed E-state index contributed by atoms with van der Waals surface area (Å²) in [6.45, 7) is 1.71. The number of hydrogen-bond acceptors (Lipinski definition) is 3. The highest BCUT2D eigenvalue weighted by Crippen LogP contribution is 2.44. The van der Waals surface area contributed by atoms with Gasteiger partial charge in [-0.05, 0) is 42.5 Å². The summed E-state index contributed by atoms with van der Waals surface area (Å²) in [5.74, 6) is 0.118. The molecule has 3 N–H and O–H groups in total. The van der Waals surface area contributed by atoms with E-state index in [0.717, 1.165) is 30.8 Å². The van der Waals surface area contributed by atoms with Crippen LogP contribution in [0.1, 0.15) is 62.3 Å². The summed E-state index contributed by atoms with van der Waals surface area (Å²) in [7, 11) is 0. The van der Waals surface area contributed by atoms with Crippen molar-refractivity contribution in [3.8, 4) is 0 Å². The number of nitrogens with zero attached hydrogens (tertiary/aromatic N) is 1. The van der Waals surface area contributed by atoms with Gasteiger partial charge in [-0.1, -0.05) is 25.3 Å². The van der Waals surface area contributed by atoms with Crippen molar-refractivity contribution < 1.29 is 9.59 Å². The lowest BCUT2D eigenvalue weighted by molar-refractivity contribution is -0.134. The van der Waals surface area contributed by atoms with E-state index in [1.165, 1.54) is 43.4 Å². The molecule has 1 saturated carbocycles. The number of nitrogens with two attached hydrogens (primary N) is 1. The standard InChI is InChI=1S/C18H27N3O2S/c19-17(23)20-14(15-5-4-12-24-15)13-16(22)21-10-8-18(9-11-21)6-2-1-3-7-18/h4-5,12,14H,1-3,6-11,13H2,(H3,19,20,23). The van der Waals surface area contributed by atoms with Gasteiger partial charge in [0, 0.05) is 18.0 Å². The largest absolute Gasteiger partial charge is 0.352 e. The lowest BCUT2D eigenvalue weighted by Crippen LogP contribution is -2.45. The molecule has 0 bridgehead atoms. The fourth-order valence-corrected chi connectivity index (χ4v) is 5.00. The van der Waals surface area contributed by atoms with Gasteiger partial charge in [0.1, 0.15) is 0 Å². The highest BCUT2D eigenvalue weighted by Gasteiger charge is 2.37. The number of rotatable bonds is 4. The lowest BCUT2D eigenvalue weighted by atomic mass is 9.68. The number of amides is 3. The number of nitrogens with one attached hydrogen (secondary N) is 1. The Morgan fingerprint density at radius 3 is 2.50 bits per heavy atom. The third-order valence-corrected chi connectivity index (χ3v) is 6.66. The Hall–Kier alpha value is -1.56. The van der Waals surface area contributed by atoms with E-state index in [4.69, 9.17) is 5.73 Å². The first kappa shape index (κ1) is 17.3. The minimum atomic E-state index is -0.582. The van der Waals surface area contributed by atoms with Crippen LogP contribution >= 0.6 is 11.3 Å². The summed E-state index contributed by atoms with van der Waals surface area (Å²) < 4.78 is 0. The van der Waals surface area contributed by atoms with Crippen molar-refractivity contribution in [3.05, 3.63) is 22.4 Å². The van der Waals surface area contributed by atoms with Crippen molar-refractivity contribution in [2.45, 2.75) is 57.4 Å². The fourth-order valence-electron chi connectivity index (χ4n) is 4.22. The molecule has 1 spiro atoms. The number of carbonyl (C=O) groups is 2. The number of thiophene rings is 1. The van der Waals surface area contributed by atoms with E-state index in [0.29, 0.717) is 5.41 Å². The summed E-state index contributed by atoms with van der Waals surface area (Å²) in [6.07, 6.45) is 9.26. The zero-order valence-electron chi connectivity index (χ0n) is 14.1. The molecule has 1 aliphatic heterocycles. The third kappa shape index (κ3) is 4.09. The molecule has 0 aromatic carbocycles. The Morgan fingerprint density at radius 2 is 1.92 bits per heavy atom. The predicted molar refractivity (Wildman–Crippen MR) is 95.7 cm³/mol. The minimum Gasteiger partial charge on any atom is -0.352 e. The molecule has 2 fully saturated rings. The van der Waals surface area contributed by atoms with Gasteiger partial charge < -0.3 is 16.0 Å². The Balaban J connectivity index is 1.57. The molecule has 132 valence electrons. The van der Waals surface area contributed by atoms with Gasteiger partial charge >= 0.3 is 6.03 Å². The molecule has 1 unspecified atom stereocenters. The second-order valence-corrected chi connectivity index (χ2v) is 8.20. The Labute approximate surface area is 147 Å². The van der Waals surface area contributed by atoms with Crippen molar-refractivity contribution >= 4 is 23.3 Å². The Kier molecular flexibility index (Phi) is 5.43. The van der Waals surface area contributed by atoms with Crippen molar-refractivity contribution in [2.24, 2.45) is 11.1 Å². The van der Waals surface area contributed by atoms with Crippen molar-refractivity contribution in [3.63, 3.8) is 0 Å². The first-order valence-electron chi connectivity index (χ1n) is 8.95. The molecule has 1 saturated heterocycles. The summed E-state index contributed by atoms with van der Waals surface area (Å²) in [6, 6.07) is 2.96. The van der Waals surface area contributed by atoms with Crippen LogP contribution < -0.4 is 11.1 Å². The van der Waals surface area contributed by atoms with Gasteiger partial charge in [-0.2, -0.15) is 0 Å². The van der Waals surface area contributed by atoms with Crippen LogP contribution in [0.2, 0.25) is 0 Å². The molecule has 1 aromatic rings. The summed E-state index contributed by atoms with van der Waals surface area (Å²) in [5.41, 5.74) is 5.77. The Morgan fingerprint density at radius 1 is 1.21 bits per heavy atom. The number of hydrogen-bond donors (Lipinski definition) is 2. The highest BCUT2D eigenvalue weighted by atomic mass is 32.1. The number of likely N-dealkylation sites (tertiary alicyclic amines) is 1. The van der Waals surface area contributed by atoms with Gasteiger partial charge in [-0.15, -0.1) is 11.3 Å². The molecule has 3 rings (SSSR count). The first-order chi connectivity index (χ1) is 11.6. The zero-order chi connectivity index (χ0) is 17.0. The third-order valence-electron chi connectivity index (χ3n) is 5.67. The Bertz CT molecular complexity index is 557. The van der Waals surface area contributed by atoms with Crippen LogP contribution in [0.3, 0.4) is 0 Å². The zero-order valence-corrected chi connectivity index (χ0v) is 14.9. The number of piperidine rings is 1. The van der Waals surface area contributed by atoms with E-state index in [2.05, 4.69) is 5.32 Å². The molecule has 1 aromatic heterocycles. The van der Waals surface area contributed by atoms with E-state index in [9.17, 15) is 9.59 Å². The van der Waals surface area contributed by atoms with Gasteiger partial charge in [-0.3, -0.25) is 4.79 Å². The van der Waals surface area contributed by atoms with Crippen LogP contribution in [0.4, 0.5) is 4.79 Å². The van der Waals surface area contributed by atoms with E-state index in [-0.39, 0.29) is 18.4 Å². The number of primary amides is 1. The van der Waals surface area contributed by atoms with E-state index < -0.39 is 6.03 Å². The minimum absolute atomic E-state index is 0.118. The second-order valence-electron chi connectivity index (χ2n) is 7.22. The molecule has 0 radical (unpaired) electrons. The van der Waals surface area contributed by atoms with Gasteiger partial charge in [-0.25, -0.2) is 4.79 Å². The van der Waals surface area contributed by atoms with E-state index >= 15 is 0 Å². The topological polar surface area (TPSA) is 75.4 Å². The monoisotopic (exact) mass is 349 g/mol. The van der Waals surface area contributed by atoms with E-state index in [1.807, 2.05) is 22.4 Å². The average Bonchev–Trinajstić information content (AvgIpc) is 3.09. The van der Waals surface area contributed by atoms with Crippen molar-refractivity contribution in [1.29, 1.82) is 0 Å². The van der Waals surface area contributed by atoms with Crippen LogP contribution in [-0.2, 0) is 4.79 Å². The summed E-state index contributed by atoms with van der Waals surface area (Å²) in [4.78, 5) is 26.9. The van der Waals surface area contributed by atoms with Crippen LogP contribution in [0.15, 0.2) is 17.5 Å². The molecular weight excluding hydrogens is 322 g/mol. The van der Waals surface area contributed by atoms with Crippen LogP contribution in [-0.4, -0.2) is 29.9 Å². The van der Waals surface area contributed by atoms with Gasteiger partial charge in [0.15, 0.2) is 0 Å². The van der Waals surface area contributed by atoms with Crippen LogP contribution in [0.5, 0.6) is 0 Å². The normalized spacial score (nSPS) is 21.4. The van der Waals surface area contributed by atoms with Crippen LogP contribution in [0.25, 0.3) is 0 Å². The lowest BCUT2D eigenvalue weighted by Gasteiger charge is -2.44. The number of urea groups is 1. The molecule has 1 atom stereocenters. The van der Waals surface area contributed by atoms with Crippen LogP contribution in [0, 0.1) is 5.41 Å². The SMILES string of the molecule is NC(=O)NC(CC(=O)N1CCC2(CCCCC2)CC1)c1cccs1.